The summed E-state index contributed by atoms with van der Waals surface area (Å²) >= 11 is 1.76. The minimum Gasteiger partial charge on any atom is -0.493 e. The molecule has 2 fully saturated rings. The number of amides is 1. The van der Waals surface area contributed by atoms with Crippen molar-refractivity contribution in [3.05, 3.63) is 42.1 Å². The Balaban J connectivity index is 1.43. The van der Waals surface area contributed by atoms with E-state index in [1.807, 2.05) is 12.1 Å². The fourth-order valence-corrected chi connectivity index (χ4v) is 5.90. The fourth-order valence-electron chi connectivity index (χ4n) is 4.73. The molecule has 166 valence electrons. The summed E-state index contributed by atoms with van der Waals surface area (Å²) in [4.78, 5) is 20.1. The van der Waals surface area contributed by atoms with Crippen LogP contribution in [0.2, 0.25) is 0 Å². The predicted molar refractivity (Wildman–Crippen MR) is 124 cm³/mol. The first-order valence-corrected chi connectivity index (χ1v) is 12.0. The number of rotatable bonds is 7. The summed E-state index contributed by atoms with van der Waals surface area (Å²) in [6.45, 7) is 2.50. The molecule has 0 bridgehead atoms. The van der Waals surface area contributed by atoms with E-state index in [0.29, 0.717) is 29.0 Å². The Bertz CT molecular complexity index is 905. The Morgan fingerprint density at radius 1 is 1.13 bits per heavy atom. The number of ether oxygens (including phenoxy) is 2. The third-order valence-corrected chi connectivity index (χ3v) is 7.52. The molecule has 4 rings (SSSR count). The molecule has 1 aromatic carbocycles. The molecule has 1 N–H and O–H groups in total. The van der Waals surface area contributed by atoms with Gasteiger partial charge in [-0.05, 0) is 75.0 Å². The van der Waals surface area contributed by atoms with Crippen molar-refractivity contribution in [3.63, 3.8) is 0 Å². The molecule has 0 saturated carbocycles. The maximum Gasteiger partial charge on any atom is 0.255 e. The van der Waals surface area contributed by atoms with Crippen LogP contribution >= 0.6 is 11.8 Å². The molecule has 2 atom stereocenters. The maximum atomic E-state index is 12.9. The second kappa shape index (κ2) is 10.4. The van der Waals surface area contributed by atoms with Crippen molar-refractivity contribution >= 4 is 23.4 Å². The zero-order chi connectivity index (χ0) is 21.6. The number of piperidine rings is 2. The Morgan fingerprint density at radius 3 is 2.81 bits per heavy atom. The van der Waals surface area contributed by atoms with E-state index in [4.69, 9.17) is 9.47 Å². The quantitative estimate of drug-likeness (QED) is 0.628. The van der Waals surface area contributed by atoms with Crippen LogP contribution in [0.1, 0.15) is 42.5 Å². The van der Waals surface area contributed by atoms with E-state index < -0.39 is 0 Å². The van der Waals surface area contributed by atoms with Gasteiger partial charge in [0.25, 0.3) is 5.91 Å². The van der Waals surface area contributed by atoms with Crippen molar-refractivity contribution in [2.24, 2.45) is 5.92 Å². The summed E-state index contributed by atoms with van der Waals surface area (Å²) < 4.78 is 10.6. The van der Waals surface area contributed by atoms with Crippen LogP contribution in [0.25, 0.3) is 0 Å². The van der Waals surface area contributed by atoms with Gasteiger partial charge in [0.05, 0.1) is 19.9 Å². The first kappa shape index (κ1) is 22.0. The van der Waals surface area contributed by atoms with Gasteiger partial charge in [0.2, 0.25) is 0 Å². The van der Waals surface area contributed by atoms with Gasteiger partial charge in [-0.15, -0.1) is 11.8 Å². The number of hydrogen-bond acceptors (Lipinski definition) is 6. The lowest BCUT2D eigenvalue weighted by atomic mass is 9.85. The average molecular weight is 442 g/mol. The molecule has 3 heterocycles. The van der Waals surface area contributed by atoms with Gasteiger partial charge in [0, 0.05) is 23.6 Å². The molecule has 2 unspecified atom stereocenters. The number of hydrogen-bond donors (Lipinski definition) is 1. The largest absolute Gasteiger partial charge is 0.493 e. The lowest BCUT2D eigenvalue weighted by Crippen LogP contribution is -2.48. The fraction of sp³-hybridized carbons (Fsp3) is 0.500. The normalized spacial score (nSPS) is 21.2. The smallest absolute Gasteiger partial charge is 0.255 e. The van der Waals surface area contributed by atoms with Gasteiger partial charge >= 0.3 is 0 Å². The number of nitrogens with zero attached hydrogens (tertiary/aromatic N) is 2. The summed E-state index contributed by atoms with van der Waals surface area (Å²) in [5.74, 6) is 2.67. The topological polar surface area (TPSA) is 63.7 Å². The van der Waals surface area contributed by atoms with Crippen molar-refractivity contribution in [1.29, 1.82) is 0 Å². The highest BCUT2D eigenvalue weighted by Gasteiger charge is 2.33. The zero-order valence-electron chi connectivity index (χ0n) is 18.3. The van der Waals surface area contributed by atoms with E-state index in [0.717, 1.165) is 16.5 Å². The molecule has 2 aromatic rings. The number of methoxy groups -OCH3 is 2. The summed E-state index contributed by atoms with van der Waals surface area (Å²) in [5, 5.41) is 3.91. The molecule has 2 aliphatic heterocycles. The van der Waals surface area contributed by atoms with E-state index in [1.54, 1.807) is 50.4 Å². The molecule has 0 spiro atoms. The van der Waals surface area contributed by atoms with E-state index in [2.05, 4.69) is 15.2 Å². The Morgan fingerprint density at radius 2 is 1.97 bits per heavy atom. The van der Waals surface area contributed by atoms with Crippen LogP contribution in [0.4, 0.5) is 5.69 Å². The third kappa shape index (κ3) is 5.15. The second-order valence-corrected chi connectivity index (χ2v) is 9.20. The molecule has 31 heavy (non-hydrogen) atoms. The van der Waals surface area contributed by atoms with Gasteiger partial charge in [-0.3, -0.25) is 4.79 Å². The van der Waals surface area contributed by atoms with Gasteiger partial charge in [0.1, 0.15) is 5.03 Å². The number of aromatic nitrogens is 1. The molecule has 0 radical (unpaired) electrons. The predicted octanol–water partition coefficient (Wildman–Crippen LogP) is 4.71. The Kier molecular flexibility index (Phi) is 7.35. The highest BCUT2D eigenvalue weighted by atomic mass is 32.2. The maximum absolute atomic E-state index is 12.9. The summed E-state index contributed by atoms with van der Waals surface area (Å²) in [6.07, 6.45) is 8.36. The second-order valence-electron chi connectivity index (χ2n) is 8.19. The number of thioether (sulfide) groups is 1. The lowest BCUT2D eigenvalue weighted by molar-refractivity contribution is 0.0693. The summed E-state index contributed by atoms with van der Waals surface area (Å²) in [7, 11) is 3.14. The molecule has 0 aliphatic carbocycles. The van der Waals surface area contributed by atoms with Crippen LogP contribution in [-0.2, 0) is 0 Å². The highest BCUT2D eigenvalue weighted by molar-refractivity contribution is 7.99. The van der Waals surface area contributed by atoms with Crippen LogP contribution in [0, 0.1) is 5.92 Å². The third-order valence-electron chi connectivity index (χ3n) is 6.33. The molecule has 1 amide bonds. The number of carbonyl (C=O) groups is 1. The standard InChI is InChI=1S/C24H31N3O3S/c1-29-21-11-10-17(15-22(21)30-2)23(28)26-19-8-5-12-25-24(19)31-16-18-7-6-14-27-13-4-3-9-20(18)27/h5,8,10-12,15,18,20H,3-4,6-7,9,13-14,16H2,1-2H3,(H,26,28). The van der Waals surface area contributed by atoms with Crippen LogP contribution in [-0.4, -0.2) is 54.9 Å². The van der Waals surface area contributed by atoms with Crippen LogP contribution < -0.4 is 14.8 Å². The molecular weight excluding hydrogens is 410 g/mol. The SMILES string of the molecule is COc1ccc(C(=O)Nc2cccnc2SCC2CCCN3CCCCC23)cc1OC. The first-order chi connectivity index (χ1) is 15.2. The van der Waals surface area contributed by atoms with E-state index in [-0.39, 0.29) is 5.91 Å². The average Bonchev–Trinajstić information content (AvgIpc) is 2.83. The molecule has 7 heteroatoms. The van der Waals surface area contributed by atoms with Crippen LogP contribution in [0.15, 0.2) is 41.6 Å². The van der Waals surface area contributed by atoms with Gasteiger partial charge < -0.3 is 19.7 Å². The van der Waals surface area contributed by atoms with Crippen molar-refractivity contribution in [3.8, 4) is 11.5 Å². The number of fused-ring (bicyclic) bond motifs is 1. The van der Waals surface area contributed by atoms with Crippen LogP contribution in [0.3, 0.4) is 0 Å². The lowest BCUT2D eigenvalue weighted by Gasteiger charge is -2.44. The molecule has 2 aliphatic rings. The Labute approximate surface area is 188 Å². The minimum atomic E-state index is -0.188. The van der Waals surface area contributed by atoms with Crippen LogP contribution in [0.5, 0.6) is 11.5 Å². The minimum absolute atomic E-state index is 0.188. The molecule has 2 saturated heterocycles. The van der Waals surface area contributed by atoms with E-state index in [1.165, 1.54) is 45.2 Å². The number of benzene rings is 1. The number of anilines is 1. The molecule has 1 aromatic heterocycles. The van der Waals surface area contributed by atoms with E-state index >= 15 is 0 Å². The zero-order valence-corrected chi connectivity index (χ0v) is 19.1. The monoisotopic (exact) mass is 441 g/mol. The van der Waals surface area contributed by atoms with Gasteiger partial charge in [-0.25, -0.2) is 4.98 Å². The highest BCUT2D eigenvalue weighted by Crippen LogP contribution is 2.36. The Hall–Kier alpha value is -2.25. The summed E-state index contributed by atoms with van der Waals surface area (Å²) in [5.41, 5.74) is 1.27. The molecular formula is C24H31N3O3S. The number of pyridine rings is 1. The van der Waals surface area contributed by atoms with Crippen molar-refractivity contribution in [2.45, 2.75) is 43.2 Å². The molecule has 6 nitrogen and oxygen atoms in total. The number of nitrogens with one attached hydrogen (secondary N) is 1. The van der Waals surface area contributed by atoms with Crippen molar-refractivity contribution in [2.75, 3.05) is 38.4 Å². The van der Waals surface area contributed by atoms with E-state index in [9.17, 15) is 4.79 Å². The summed E-state index contributed by atoms with van der Waals surface area (Å²) in [6, 6.07) is 9.66. The van der Waals surface area contributed by atoms with Gasteiger partial charge in [-0.1, -0.05) is 6.42 Å². The number of carbonyl (C=O) groups excluding carboxylic acids is 1. The van der Waals surface area contributed by atoms with Crippen molar-refractivity contribution in [1.82, 2.24) is 9.88 Å². The van der Waals surface area contributed by atoms with Gasteiger partial charge in [0.15, 0.2) is 11.5 Å². The first-order valence-electron chi connectivity index (χ1n) is 11.0. The van der Waals surface area contributed by atoms with Gasteiger partial charge in [-0.2, -0.15) is 0 Å². The van der Waals surface area contributed by atoms with Crippen molar-refractivity contribution < 1.29 is 14.3 Å².